The van der Waals surface area contributed by atoms with E-state index < -0.39 is 12.9 Å². The fourth-order valence-electron chi connectivity index (χ4n) is 2.16. The van der Waals surface area contributed by atoms with Gasteiger partial charge in [0.2, 0.25) is 0 Å². The lowest BCUT2D eigenvalue weighted by atomic mass is 10.1. The molecular weight excluding hydrogens is 369 g/mol. The van der Waals surface area contributed by atoms with E-state index in [0.29, 0.717) is 17.1 Å². The summed E-state index contributed by atoms with van der Waals surface area (Å²) in [5, 5.41) is 9.57. The molecule has 2 atom stereocenters. The molecule has 5 nitrogen and oxygen atoms in total. The molecule has 0 spiro atoms. The molecule has 2 aromatic rings. The first-order chi connectivity index (χ1) is 12.5. The molecule has 0 aliphatic rings. The molecule has 0 saturated heterocycles. The molecule has 2 unspecified atom stereocenters. The molecule has 0 aliphatic heterocycles. The van der Waals surface area contributed by atoms with Gasteiger partial charge in [-0.1, -0.05) is 44.2 Å². The van der Waals surface area contributed by atoms with Gasteiger partial charge in [-0.25, -0.2) is 4.57 Å². The van der Waals surface area contributed by atoms with Gasteiger partial charge in [-0.15, -0.1) is 0 Å². The van der Waals surface area contributed by atoms with Crippen LogP contribution >= 0.6 is 18.2 Å². The van der Waals surface area contributed by atoms with Crippen LogP contribution in [0.15, 0.2) is 54.6 Å². The Morgan fingerprint density at radius 2 is 1.81 bits per heavy atom. The van der Waals surface area contributed by atoms with E-state index in [1.807, 2.05) is 44.2 Å². The Morgan fingerprint density at radius 1 is 1.12 bits per heavy atom. The van der Waals surface area contributed by atoms with Crippen LogP contribution in [0.2, 0.25) is 0 Å². The maximum Gasteiger partial charge on any atom is 0.390 e. The highest BCUT2D eigenvalue weighted by Crippen LogP contribution is 2.64. The smallest absolute Gasteiger partial charge is 0.390 e. The van der Waals surface area contributed by atoms with E-state index in [1.54, 1.807) is 31.2 Å². The predicted octanol–water partition coefficient (Wildman–Crippen LogP) is 6.35. The molecule has 0 N–H and O–H groups in total. The largest absolute Gasteiger partial charge is 0.457 e. The summed E-state index contributed by atoms with van der Waals surface area (Å²) in [5.41, 5.74) is 0.560. The van der Waals surface area contributed by atoms with E-state index in [4.69, 9.17) is 13.8 Å². The van der Waals surface area contributed by atoms with Gasteiger partial charge in [0, 0.05) is 5.25 Å². The molecule has 2 aromatic carbocycles. The summed E-state index contributed by atoms with van der Waals surface area (Å²) < 4.78 is 29.6. The standard InChI is InChI=1S/C19H22NO4PS/c1-4-22-25(21,26-15(2)3)24-19(14-20)16-9-8-12-18(13-16)23-17-10-6-5-7-11-17/h5-13,15,19H,4H2,1-3H3. The zero-order valence-corrected chi connectivity index (χ0v) is 16.7. The molecule has 0 fully saturated rings. The first-order valence-electron chi connectivity index (χ1n) is 8.29. The van der Waals surface area contributed by atoms with E-state index >= 15 is 0 Å². The Morgan fingerprint density at radius 3 is 2.42 bits per heavy atom. The van der Waals surface area contributed by atoms with Crippen LogP contribution in [0.1, 0.15) is 32.4 Å². The molecule has 7 heteroatoms. The average Bonchev–Trinajstić information content (AvgIpc) is 2.60. The topological polar surface area (TPSA) is 68.5 Å². The minimum atomic E-state index is -3.44. The van der Waals surface area contributed by atoms with Crippen LogP contribution in [0.4, 0.5) is 0 Å². The van der Waals surface area contributed by atoms with Crippen molar-refractivity contribution in [3.05, 3.63) is 60.2 Å². The van der Waals surface area contributed by atoms with Gasteiger partial charge in [-0.05, 0) is 48.1 Å². The Hall–Kier alpha value is -1.77. The second-order valence-electron chi connectivity index (χ2n) is 5.62. The maximum absolute atomic E-state index is 12.9. The summed E-state index contributed by atoms with van der Waals surface area (Å²) in [4.78, 5) is 0. The van der Waals surface area contributed by atoms with Gasteiger partial charge >= 0.3 is 6.80 Å². The van der Waals surface area contributed by atoms with E-state index in [0.717, 1.165) is 11.4 Å². The highest BCUT2D eigenvalue weighted by Gasteiger charge is 2.31. The van der Waals surface area contributed by atoms with Crippen LogP contribution < -0.4 is 4.74 Å². The lowest BCUT2D eigenvalue weighted by molar-refractivity contribution is 0.197. The molecule has 0 radical (unpaired) electrons. The Labute approximate surface area is 158 Å². The van der Waals surface area contributed by atoms with Gasteiger partial charge in [0.05, 0.1) is 12.7 Å². The molecule has 138 valence electrons. The van der Waals surface area contributed by atoms with Crippen LogP contribution in [-0.2, 0) is 13.6 Å². The zero-order chi connectivity index (χ0) is 19.0. The van der Waals surface area contributed by atoms with Crippen molar-refractivity contribution in [1.29, 1.82) is 5.26 Å². The van der Waals surface area contributed by atoms with Gasteiger partial charge < -0.3 is 9.26 Å². The molecule has 0 aliphatic carbocycles. The maximum atomic E-state index is 12.9. The van der Waals surface area contributed by atoms with Crippen LogP contribution in [0.5, 0.6) is 11.5 Å². The summed E-state index contributed by atoms with van der Waals surface area (Å²) >= 11 is 1.10. The third-order valence-electron chi connectivity index (χ3n) is 3.12. The highest BCUT2D eigenvalue weighted by molar-refractivity contribution is 8.55. The van der Waals surface area contributed by atoms with E-state index in [1.165, 1.54) is 0 Å². The van der Waals surface area contributed by atoms with Crippen molar-refractivity contribution < 1.29 is 18.3 Å². The lowest BCUT2D eigenvalue weighted by Crippen LogP contribution is -2.03. The van der Waals surface area contributed by atoms with Crippen LogP contribution in [-0.4, -0.2) is 11.9 Å². The van der Waals surface area contributed by atoms with E-state index in [2.05, 4.69) is 6.07 Å². The molecule has 0 amide bonds. The van der Waals surface area contributed by atoms with E-state index in [-0.39, 0.29) is 11.9 Å². The van der Waals surface area contributed by atoms with Gasteiger partial charge in [0.1, 0.15) is 11.5 Å². The number of benzene rings is 2. The number of rotatable bonds is 9. The Kier molecular flexibility index (Phi) is 7.74. The van der Waals surface area contributed by atoms with Gasteiger partial charge in [-0.3, -0.25) is 4.52 Å². The zero-order valence-electron chi connectivity index (χ0n) is 15.0. The van der Waals surface area contributed by atoms with Crippen molar-refractivity contribution in [2.75, 3.05) is 6.61 Å². The summed E-state index contributed by atoms with van der Waals surface area (Å²) in [5.74, 6) is 1.26. The second kappa shape index (κ2) is 9.80. The molecule has 0 heterocycles. The summed E-state index contributed by atoms with van der Waals surface area (Å²) in [6.45, 7) is 2.34. The predicted molar refractivity (Wildman–Crippen MR) is 104 cm³/mol. The number of nitriles is 1. The first-order valence-corrected chi connectivity index (χ1v) is 11.3. The molecule has 0 aromatic heterocycles. The minimum absolute atomic E-state index is 0.0412. The number of ether oxygens (including phenoxy) is 1. The lowest BCUT2D eigenvalue weighted by Gasteiger charge is -2.21. The van der Waals surface area contributed by atoms with Gasteiger partial charge in [0.25, 0.3) is 0 Å². The van der Waals surface area contributed by atoms with Gasteiger partial charge in [-0.2, -0.15) is 5.26 Å². The summed E-state index contributed by atoms with van der Waals surface area (Å²) in [7, 11) is 0. The molecule has 0 saturated carbocycles. The van der Waals surface area contributed by atoms with Crippen molar-refractivity contribution in [2.24, 2.45) is 0 Å². The monoisotopic (exact) mass is 391 g/mol. The van der Waals surface area contributed by atoms with Gasteiger partial charge in [0.15, 0.2) is 6.10 Å². The van der Waals surface area contributed by atoms with Crippen LogP contribution in [0, 0.1) is 11.3 Å². The second-order valence-corrected chi connectivity index (χ2v) is 10.1. The number of hydrogen-bond acceptors (Lipinski definition) is 6. The van der Waals surface area contributed by atoms with Crippen molar-refractivity contribution in [3.8, 4) is 17.6 Å². The SMILES string of the molecule is CCOP(=O)(OC(C#N)c1cccc(Oc2ccccc2)c1)SC(C)C. The van der Waals surface area contributed by atoms with E-state index in [9.17, 15) is 9.83 Å². The molecular formula is C19H22NO4PS. The normalized spacial score (nSPS) is 14.4. The van der Waals surface area contributed by atoms with Crippen LogP contribution in [0.25, 0.3) is 0 Å². The number of nitrogens with zero attached hydrogens (tertiary/aromatic N) is 1. The summed E-state index contributed by atoms with van der Waals surface area (Å²) in [6.07, 6.45) is -1.02. The quantitative estimate of drug-likeness (QED) is 0.464. The number of para-hydroxylation sites is 1. The Balaban J connectivity index is 2.20. The average molecular weight is 391 g/mol. The van der Waals surface area contributed by atoms with Crippen LogP contribution in [0.3, 0.4) is 0 Å². The van der Waals surface area contributed by atoms with Crippen molar-refractivity contribution >= 4 is 18.2 Å². The van der Waals surface area contributed by atoms with Crippen molar-refractivity contribution in [3.63, 3.8) is 0 Å². The summed E-state index contributed by atoms with van der Waals surface area (Å²) in [6, 6.07) is 18.4. The van der Waals surface area contributed by atoms with Crippen molar-refractivity contribution in [1.82, 2.24) is 0 Å². The first kappa shape index (κ1) is 20.5. The highest BCUT2D eigenvalue weighted by atomic mass is 32.7. The Bertz CT molecular complexity index is 792. The molecule has 0 bridgehead atoms. The third kappa shape index (κ3) is 6.19. The fraction of sp³-hybridized carbons (Fsp3) is 0.316. The number of hydrogen-bond donors (Lipinski definition) is 0. The molecule has 26 heavy (non-hydrogen) atoms. The van der Waals surface area contributed by atoms with Crippen molar-refractivity contribution in [2.45, 2.75) is 32.1 Å². The minimum Gasteiger partial charge on any atom is -0.457 e. The third-order valence-corrected chi connectivity index (χ3v) is 7.46. The molecule has 2 rings (SSSR count). The fourth-order valence-corrected chi connectivity index (χ4v) is 6.04.